The van der Waals surface area contributed by atoms with Gasteiger partial charge in [-0.2, -0.15) is 5.10 Å². The first-order valence-corrected chi connectivity index (χ1v) is 11.9. The SMILES string of the molecule is Cn1nc(-c2ccccc2Oc2ccccc2)c(-c2ccc(C(=O)NC3CCCC3)cc2)cc1=O. The Labute approximate surface area is 204 Å². The number of hydrogen-bond acceptors (Lipinski definition) is 4. The Balaban J connectivity index is 1.51. The maximum atomic E-state index is 12.7. The fraction of sp³-hybridized carbons (Fsp3) is 0.207. The lowest BCUT2D eigenvalue weighted by molar-refractivity contribution is 0.0938. The molecule has 5 rings (SSSR count). The Bertz CT molecular complexity index is 1390. The minimum atomic E-state index is -0.215. The normalized spacial score (nSPS) is 13.5. The highest BCUT2D eigenvalue weighted by molar-refractivity contribution is 5.95. The highest BCUT2D eigenvalue weighted by Gasteiger charge is 2.19. The van der Waals surface area contributed by atoms with Crippen LogP contribution in [0.2, 0.25) is 0 Å². The molecule has 0 atom stereocenters. The molecular formula is C29H27N3O3. The van der Waals surface area contributed by atoms with Crippen LogP contribution in [0.1, 0.15) is 36.0 Å². The minimum Gasteiger partial charge on any atom is -0.457 e. The summed E-state index contributed by atoms with van der Waals surface area (Å²) in [6, 6.07) is 26.3. The lowest BCUT2D eigenvalue weighted by atomic mass is 9.98. The zero-order chi connectivity index (χ0) is 24.2. The zero-order valence-corrected chi connectivity index (χ0v) is 19.6. The average Bonchev–Trinajstić information content (AvgIpc) is 3.40. The minimum absolute atomic E-state index is 0.0626. The van der Waals surface area contributed by atoms with Gasteiger partial charge in [-0.1, -0.05) is 55.3 Å². The summed E-state index contributed by atoms with van der Waals surface area (Å²) in [5, 5.41) is 7.71. The molecule has 4 aromatic rings. The van der Waals surface area contributed by atoms with Gasteiger partial charge in [0.25, 0.3) is 11.5 Å². The Morgan fingerprint density at radius 3 is 2.34 bits per heavy atom. The molecule has 1 aliphatic rings. The second-order valence-electron chi connectivity index (χ2n) is 8.81. The largest absolute Gasteiger partial charge is 0.457 e. The third-order valence-corrected chi connectivity index (χ3v) is 6.35. The van der Waals surface area contributed by atoms with E-state index in [9.17, 15) is 9.59 Å². The molecular weight excluding hydrogens is 438 g/mol. The first-order valence-electron chi connectivity index (χ1n) is 11.9. The predicted octanol–water partition coefficient (Wildman–Crippen LogP) is 5.58. The number of carbonyl (C=O) groups excluding carboxylic acids is 1. The lowest BCUT2D eigenvalue weighted by Gasteiger charge is -2.15. The van der Waals surface area contributed by atoms with Gasteiger partial charge < -0.3 is 10.1 Å². The molecule has 0 bridgehead atoms. The highest BCUT2D eigenvalue weighted by atomic mass is 16.5. The van der Waals surface area contributed by atoms with Crippen molar-refractivity contribution in [3.05, 3.63) is 101 Å². The fourth-order valence-electron chi connectivity index (χ4n) is 4.46. The van der Waals surface area contributed by atoms with E-state index in [1.165, 1.54) is 4.68 Å². The van der Waals surface area contributed by atoms with Gasteiger partial charge in [0.15, 0.2) is 0 Å². The Morgan fingerprint density at radius 1 is 0.914 bits per heavy atom. The van der Waals surface area contributed by atoms with E-state index in [4.69, 9.17) is 4.74 Å². The van der Waals surface area contributed by atoms with E-state index in [1.807, 2.05) is 66.7 Å². The predicted molar refractivity (Wildman–Crippen MR) is 137 cm³/mol. The van der Waals surface area contributed by atoms with Crippen molar-refractivity contribution in [1.82, 2.24) is 15.1 Å². The van der Waals surface area contributed by atoms with Crippen molar-refractivity contribution in [3.63, 3.8) is 0 Å². The summed E-state index contributed by atoms with van der Waals surface area (Å²) in [5.74, 6) is 1.29. The van der Waals surface area contributed by atoms with Crippen LogP contribution in [-0.4, -0.2) is 21.7 Å². The zero-order valence-electron chi connectivity index (χ0n) is 19.6. The molecule has 6 heteroatoms. The molecule has 1 fully saturated rings. The second kappa shape index (κ2) is 9.97. The van der Waals surface area contributed by atoms with E-state index in [1.54, 1.807) is 25.2 Å². The van der Waals surface area contributed by atoms with Crippen LogP contribution in [0.3, 0.4) is 0 Å². The van der Waals surface area contributed by atoms with Gasteiger partial charge in [-0.05, 0) is 54.8 Å². The molecule has 0 saturated heterocycles. The van der Waals surface area contributed by atoms with Gasteiger partial charge in [0.05, 0.1) is 0 Å². The van der Waals surface area contributed by atoms with E-state index in [0.29, 0.717) is 28.3 Å². The van der Waals surface area contributed by atoms with Crippen LogP contribution in [0.4, 0.5) is 0 Å². The molecule has 6 nitrogen and oxygen atoms in total. The number of nitrogens with zero attached hydrogens (tertiary/aromatic N) is 2. The third kappa shape index (κ3) is 5.01. The van der Waals surface area contributed by atoms with E-state index < -0.39 is 0 Å². The van der Waals surface area contributed by atoms with Crippen LogP contribution >= 0.6 is 0 Å². The summed E-state index contributed by atoms with van der Waals surface area (Å²) in [4.78, 5) is 25.2. The number of hydrogen-bond donors (Lipinski definition) is 1. The number of aromatic nitrogens is 2. The van der Waals surface area contributed by atoms with E-state index in [2.05, 4.69) is 10.4 Å². The number of carbonyl (C=O) groups is 1. The van der Waals surface area contributed by atoms with Crippen LogP contribution in [0, 0.1) is 0 Å². The number of para-hydroxylation sites is 2. The fourth-order valence-corrected chi connectivity index (χ4v) is 4.46. The average molecular weight is 466 g/mol. The van der Waals surface area contributed by atoms with Crippen molar-refractivity contribution in [3.8, 4) is 33.9 Å². The van der Waals surface area contributed by atoms with Gasteiger partial charge in [0, 0.05) is 35.8 Å². The maximum absolute atomic E-state index is 12.7. The summed E-state index contributed by atoms with van der Waals surface area (Å²) in [6.45, 7) is 0. The van der Waals surface area contributed by atoms with Gasteiger partial charge in [-0.3, -0.25) is 9.59 Å². The van der Waals surface area contributed by atoms with Gasteiger partial charge in [0.2, 0.25) is 0 Å². The summed E-state index contributed by atoms with van der Waals surface area (Å²) >= 11 is 0. The number of benzene rings is 3. The van der Waals surface area contributed by atoms with Gasteiger partial charge in [-0.25, -0.2) is 4.68 Å². The van der Waals surface area contributed by atoms with Crippen LogP contribution in [0.15, 0.2) is 89.7 Å². The lowest BCUT2D eigenvalue weighted by Crippen LogP contribution is -2.32. The number of nitrogens with one attached hydrogen (secondary N) is 1. The Hall–Kier alpha value is -4.19. The number of amides is 1. The molecule has 1 aromatic heterocycles. The molecule has 0 radical (unpaired) electrons. The Morgan fingerprint density at radius 2 is 1.60 bits per heavy atom. The van der Waals surface area contributed by atoms with Crippen LogP contribution < -0.4 is 15.6 Å². The Kier molecular flexibility index (Phi) is 6.44. The number of ether oxygens (including phenoxy) is 1. The van der Waals surface area contributed by atoms with Crippen molar-refractivity contribution in [2.24, 2.45) is 7.05 Å². The molecule has 1 saturated carbocycles. The summed E-state index contributed by atoms with van der Waals surface area (Å²) < 4.78 is 7.48. The molecule has 3 aromatic carbocycles. The van der Waals surface area contributed by atoms with Crippen molar-refractivity contribution in [2.75, 3.05) is 0 Å². The summed E-state index contributed by atoms with van der Waals surface area (Å²) in [5.41, 5.74) is 3.27. The molecule has 0 aliphatic heterocycles. The van der Waals surface area contributed by atoms with Crippen molar-refractivity contribution < 1.29 is 9.53 Å². The number of aryl methyl sites for hydroxylation is 1. The smallest absolute Gasteiger partial charge is 0.267 e. The standard InChI is InChI=1S/C29H27N3O3/c1-32-27(33)19-25(20-15-17-21(18-16-20)29(34)30-22-9-5-6-10-22)28(31-32)24-13-7-8-14-26(24)35-23-11-3-2-4-12-23/h2-4,7-8,11-19,22H,5-6,9-10H2,1H3,(H,30,34). The van der Waals surface area contributed by atoms with Crippen molar-refractivity contribution in [1.29, 1.82) is 0 Å². The van der Waals surface area contributed by atoms with E-state index in [0.717, 1.165) is 36.8 Å². The second-order valence-corrected chi connectivity index (χ2v) is 8.81. The summed E-state index contributed by atoms with van der Waals surface area (Å²) in [6.07, 6.45) is 4.41. The molecule has 1 heterocycles. The molecule has 1 amide bonds. The molecule has 176 valence electrons. The maximum Gasteiger partial charge on any atom is 0.267 e. The first-order chi connectivity index (χ1) is 17.1. The van der Waals surface area contributed by atoms with Crippen molar-refractivity contribution >= 4 is 5.91 Å². The van der Waals surface area contributed by atoms with Crippen molar-refractivity contribution in [2.45, 2.75) is 31.7 Å². The highest BCUT2D eigenvalue weighted by Crippen LogP contribution is 2.37. The third-order valence-electron chi connectivity index (χ3n) is 6.35. The van der Waals surface area contributed by atoms with Gasteiger partial charge in [-0.15, -0.1) is 0 Å². The summed E-state index contributed by atoms with van der Waals surface area (Å²) in [7, 11) is 1.63. The van der Waals surface area contributed by atoms with Crippen LogP contribution in [0.5, 0.6) is 11.5 Å². The molecule has 0 spiro atoms. The van der Waals surface area contributed by atoms with Gasteiger partial charge >= 0.3 is 0 Å². The number of rotatable bonds is 6. The molecule has 1 N–H and O–H groups in total. The van der Waals surface area contributed by atoms with E-state index in [-0.39, 0.29) is 17.5 Å². The molecule has 0 unspecified atom stereocenters. The van der Waals surface area contributed by atoms with Crippen LogP contribution in [-0.2, 0) is 7.05 Å². The van der Waals surface area contributed by atoms with E-state index >= 15 is 0 Å². The van der Waals surface area contributed by atoms with Crippen LogP contribution in [0.25, 0.3) is 22.4 Å². The monoisotopic (exact) mass is 465 g/mol. The quantitative estimate of drug-likeness (QED) is 0.404. The molecule has 35 heavy (non-hydrogen) atoms. The van der Waals surface area contributed by atoms with Gasteiger partial charge in [0.1, 0.15) is 17.2 Å². The first kappa shape index (κ1) is 22.6. The topological polar surface area (TPSA) is 73.2 Å². The molecule has 1 aliphatic carbocycles.